The monoisotopic (exact) mass is 296 g/mol. The Morgan fingerprint density at radius 1 is 1.70 bits per heavy atom. The molecule has 2 unspecified atom stereocenters. The molecule has 0 radical (unpaired) electrons. The number of carbonyl (C=O) groups is 1. The van der Waals surface area contributed by atoms with Crippen LogP contribution in [-0.2, 0) is 4.79 Å². The average molecular weight is 297 g/mol. The van der Waals surface area contributed by atoms with Crippen LogP contribution in [0.5, 0.6) is 0 Å². The summed E-state index contributed by atoms with van der Waals surface area (Å²) in [6, 6.07) is 3.34. The molecule has 2 rings (SSSR count). The van der Waals surface area contributed by atoms with Crippen LogP contribution >= 0.6 is 11.6 Å². The second-order valence-electron chi connectivity index (χ2n) is 5.14. The molecule has 0 saturated carbocycles. The molecule has 1 aromatic rings. The molecule has 3 N–H and O–H groups in total. The van der Waals surface area contributed by atoms with E-state index in [0.717, 1.165) is 31.7 Å². The zero-order valence-electron chi connectivity index (χ0n) is 11.7. The SMILES string of the molecule is CCCC(N)C(=O)NC1CCN(c2ncccc2Cl)C1. The lowest BCUT2D eigenvalue weighted by Crippen LogP contribution is -2.46. The van der Waals surface area contributed by atoms with E-state index in [1.54, 1.807) is 6.20 Å². The van der Waals surface area contributed by atoms with Crippen molar-refractivity contribution in [3.05, 3.63) is 23.4 Å². The van der Waals surface area contributed by atoms with Crippen LogP contribution in [0.4, 0.5) is 5.82 Å². The molecule has 1 fully saturated rings. The zero-order valence-corrected chi connectivity index (χ0v) is 12.4. The third kappa shape index (κ3) is 3.61. The van der Waals surface area contributed by atoms with Crippen LogP contribution in [0.15, 0.2) is 18.3 Å². The Morgan fingerprint density at radius 2 is 2.50 bits per heavy atom. The Morgan fingerprint density at radius 3 is 3.20 bits per heavy atom. The molecule has 1 saturated heterocycles. The number of hydrogen-bond acceptors (Lipinski definition) is 4. The van der Waals surface area contributed by atoms with E-state index in [0.29, 0.717) is 11.4 Å². The summed E-state index contributed by atoms with van der Waals surface area (Å²) in [6.45, 7) is 3.58. The summed E-state index contributed by atoms with van der Waals surface area (Å²) in [5.74, 6) is 0.717. The maximum atomic E-state index is 11.9. The lowest BCUT2D eigenvalue weighted by Gasteiger charge is -2.20. The predicted octanol–water partition coefficient (Wildman–Crippen LogP) is 1.56. The van der Waals surface area contributed by atoms with E-state index in [9.17, 15) is 4.79 Å². The molecule has 0 bridgehead atoms. The van der Waals surface area contributed by atoms with Gasteiger partial charge in [-0.1, -0.05) is 24.9 Å². The van der Waals surface area contributed by atoms with Gasteiger partial charge in [0, 0.05) is 25.3 Å². The highest BCUT2D eigenvalue weighted by Crippen LogP contribution is 2.25. The van der Waals surface area contributed by atoms with Crippen LogP contribution in [0.25, 0.3) is 0 Å². The lowest BCUT2D eigenvalue weighted by molar-refractivity contribution is -0.123. The third-order valence-corrected chi connectivity index (χ3v) is 3.80. The van der Waals surface area contributed by atoms with Crippen LogP contribution in [0.3, 0.4) is 0 Å². The van der Waals surface area contributed by atoms with Crippen molar-refractivity contribution in [1.29, 1.82) is 0 Å². The van der Waals surface area contributed by atoms with Crippen molar-refractivity contribution in [1.82, 2.24) is 10.3 Å². The molecule has 1 aliphatic rings. The van der Waals surface area contributed by atoms with E-state index in [1.807, 2.05) is 19.1 Å². The van der Waals surface area contributed by atoms with Gasteiger partial charge in [-0.05, 0) is 25.0 Å². The third-order valence-electron chi connectivity index (χ3n) is 3.51. The summed E-state index contributed by atoms with van der Waals surface area (Å²) >= 11 is 6.14. The van der Waals surface area contributed by atoms with Crippen molar-refractivity contribution in [2.75, 3.05) is 18.0 Å². The number of nitrogens with zero attached hydrogens (tertiary/aromatic N) is 2. The van der Waals surface area contributed by atoms with Gasteiger partial charge in [0.05, 0.1) is 11.1 Å². The fourth-order valence-corrected chi connectivity index (χ4v) is 2.67. The van der Waals surface area contributed by atoms with Crippen molar-refractivity contribution < 1.29 is 4.79 Å². The molecule has 2 heterocycles. The highest BCUT2D eigenvalue weighted by Gasteiger charge is 2.27. The number of hydrogen-bond donors (Lipinski definition) is 2. The molecule has 0 spiro atoms. The molecule has 6 heteroatoms. The van der Waals surface area contributed by atoms with Crippen LogP contribution in [0.2, 0.25) is 5.02 Å². The number of rotatable bonds is 5. The van der Waals surface area contributed by atoms with Gasteiger partial charge in [-0.2, -0.15) is 0 Å². The highest BCUT2D eigenvalue weighted by atomic mass is 35.5. The number of amides is 1. The van der Waals surface area contributed by atoms with Gasteiger partial charge in [0.25, 0.3) is 0 Å². The van der Waals surface area contributed by atoms with E-state index in [4.69, 9.17) is 17.3 Å². The average Bonchev–Trinajstić information content (AvgIpc) is 2.87. The minimum atomic E-state index is -0.410. The van der Waals surface area contributed by atoms with Crippen molar-refractivity contribution in [2.24, 2.45) is 5.73 Å². The van der Waals surface area contributed by atoms with Gasteiger partial charge in [0.1, 0.15) is 5.82 Å². The van der Waals surface area contributed by atoms with E-state index in [-0.39, 0.29) is 11.9 Å². The van der Waals surface area contributed by atoms with E-state index in [1.165, 1.54) is 0 Å². The molecule has 1 amide bonds. The summed E-state index contributed by atoms with van der Waals surface area (Å²) in [6.07, 6.45) is 4.24. The van der Waals surface area contributed by atoms with Crippen LogP contribution in [-0.4, -0.2) is 36.1 Å². The maximum Gasteiger partial charge on any atom is 0.237 e. The Labute approximate surface area is 124 Å². The molecular formula is C14H21ClN4O. The lowest BCUT2D eigenvalue weighted by atomic mass is 10.1. The normalized spacial score (nSPS) is 19.9. The molecule has 1 aromatic heterocycles. The second-order valence-corrected chi connectivity index (χ2v) is 5.55. The number of carbonyl (C=O) groups excluding carboxylic acids is 1. The van der Waals surface area contributed by atoms with Gasteiger partial charge in [-0.25, -0.2) is 4.98 Å². The summed E-state index contributed by atoms with van der Waals surface area (Å²) in [5, 5.41) is 3.65. The van der Waals surface area contributed by atoms with Crippen molar-refractivity contribution in [2.45, 2.75) is 38.3 Å². The van der Waals surface area contributed by atoms with Crippen molar-refractivity contribution in [3.63, 3.8) is 0 Å². The van der Waals surface area contributed by atoms with Crippen molar-refractivity contribution in [3.8, 4) is 0 Å². The number of nitrogens with one attached hydrogen (secondary N) is 1. The summed E-state index contributed by atoms with van der Waals surface area (Å²) in [7, 11) is 0. The molecule has 0 aliphatic carbocycles. The van der Waals surface area contributed by atoms with Gasteiger partial charge in [0.2, 0.25) is 5.91 Å². The first kappa shape index (κ1) is 15.1. The maximum absolute atomic E-state index is 11.9. The van der Waals surface area contributed by atoms with Gasteiger partial charge in [0.15, 0.2) is 0 Å². The smallest absolute Gasteiger partial charge is 0.237 e. The largest absolute Gasteiger partial charge is 0.353 e. The molecule has 5 nitrogen and oxygen atoms in total. The number of anilines is 1. The Bertz CT molecular complexity index is 468. The summed E-state index contributed by atoms with van der Waals surface area (Å²) < 4.78 is 0. The first-order valence-electron chi connectivity index (χ1n) is 7.03. The molecule has 0 aromatic carbocycles. The van der Waals surface area contributed by atoms with Gasteiger partial charge in [-0.3, -0.25) is 4.79 Å². The molecule has 1 aliphatic heterocycles. The quantitative estimate of drug-likeness (QED) is 0.865. The van der Waals surface area contributed by atoms with E-state index < -0.39 is 6.04 Å². The molecular weight excluding hydrogens is 276 g/mol. The second kappa shape index (κ2) is 6.90. The highest BCUT2D eigenvalue weighted by molar-refractivity contribution is 6.32. The van der Waals surface area contributed by atoms with Gasteiger partial charge < -0.3 is 16.0 Å². The fourth-order valence-electron chi connectivity index (χ4n) is 2.43. The van der Waals surface area contributed by atoms with Crippen LogP contribution in [0, 0.1) is 0 Å². The number of pyridine rings is 1. The van der Waals surface area contributed by atoms with Crippen LogP contribution < -0.4 is 16.0 Å². The van der Waals surface area contributed by atoms with Crippen molar-refractivity contribution >= 4 is 23.3 Å². The Hall–Kier alpha value is -1.33. The minimum absolute atomic E-state index is 0.0641. The number of halogens is 1. The standard InChI is InChI=1S/C14H21ClN4O/c1-2-4-12(16)14(20)18-10-6-8-19(9-10)13-11(15)5-3-7-17-13/h3,5,7,10,12H,2,4,6,8-9,16H2,1H3,(H,18,20). The van der Waals surface area contributed by atoms with E-state index in [2.05, 4.69) is 15.2 Å². The van der Waals surface area contributed by atoms with E-state index >= 15 is 0 Å². The Balaban J connectivity index is 1.90. The topological polar surface area (TPSA) is 71.2 Å². The first-order chi connectivity index (χ1) is 9.61. The van der Waals surface area contributed by atoms with Crippen LogP contribution in [0.1, 0.15) is 26.2 Å². The molecule has 110 valence electrons. The summed E-state index contributed by atoms with van der Waals surface area (Å²) in [4.78, 5) is 18.3. The fraction of sp³-hybridized carbons (Fsp3) is 0.571. The minimum Gasteiger partial charge on any atom is -0.353 e. The first-order valence-corrected chi connectivity index (χ1v) is 7.41. The van der Waals surface area contributed by atoms with Gasteiger partial charge in [-0.15, -0.1) is 0 Å². The Kier molecular flexibility index (Phi) is 5.20. The molecule has 20 heavy (non-hydrogen) atoms. The predicted molar refractivity (Wildman–Crippen MR) is 80.9 cm³/mol. The number of nitrogens with two attached hydrogens (primary N) is 1. The number of aromatic nitrogens is 1. The zero-order chi connectivity index (χ0) is 14.5. The van der Waals surface area contributed by atoms with Gasteiger partial charge >= 0.3 is 0 Å². The molecule has 2 atom stereocenters. The summed E-state index contributed by atoms with van der Waals surface area (Å²) in [5.41, 5.74) is 5.82.